The molecule has 2 atom stereocenters. The minimum Gasteiger partial charge on any atom is -0.357 e. The summed E-state index contributed by atoms with van der Waals surface area (Å²) in [6, 6.07) is 5.28. The number of hydrogen-bond donors (Lipinski definition) is 0. The minimum absolute atomic E-state index is 0.0511. The summed E-state index contributed by atoms with van der Waals surface area (Å²) in [7, 11) is 1.35. The molecule has 1 aliphatic rings. The smallest absolute Gasteiger partial charge is 0.250 e. The summed E-state index contributed by atoms with van der Waals surface area (Å²) in [5, 5.41) is 4.13. The number of anilines is 1. The fourth-order valence-corrected chi connectivity index (χ4v) is 6.43. The number of carbonyl (C=O) groups is 2. The molecule has 3 heterocycles. The second-order valence-electron chi connectivity index (χ2n) is 9.79. The highest BCUT2D eigenvalue weighted by Gasteiger charge is 2.60. The second kappa shape index (κ2) is 7.65. The van der Waals surface area contributed by atoms with E-state index in [0.717, 1.165) is 11.3 Å². The van der Waals surface area contributed by atoms with Crippen molar-refractivity contribution in [3.05, 3.63) is 41.9 Å². The van der Waals surface area contributed by atoms with Gasteiger partial charge < -0.3 is 4.57 Å². The lowest BCUT2D eigenvalue weighted by Crippen LogP contribution is -2.76. The molecule has 30 heavy (non-hydrogen) atoms. The van der Waals surface area contributed by atoms with Gasteiger partial charge in [-0.1, -0.05) is 33.9 Å². The number of aryl methyl sites for hydroxylation is 2. The largest absolute Gasteiger partial charge is 0.357 e. The van der Waals surface area contributed by atoms with E-state index in [4.69, 9.17) is 0 Å². The van der Waals surface area contributed by atoms with Gasteiger partial charge in [0.15, 0.2) is 8.24 Å². The van der Waals surface area contributed by atoms with Crippen LogP contribution in [0.3, 0.4) is 0 Å². The number of pyridine rings is 1. The van der Waals surface area contributed by atoms with Crippen LogP contribution in [0.1, 0.15) is 32.0 Å². The molecule has 0 aromatic carbocycles. The Bertz CT molecular complexity index is 962. The highest BCUT2D eigenvalue weighted by atomic mass is 28.3. The molecule has 162 valence electrons. The summed E-state index contributed by atoms with van der Waals surface area (Å²) in [5.74, 6) is 0.392. The van der Waals surface area contributed by atoms with E-state index in [1.54, 1.807) is 29.0 Å². The molecule has 7 nitrogen and oxygen atoms in total. The Balaban J connectivity index is 1.97. The van der Waals surface area contributed by atoms with Crippen molar-refractivity contribution in [2.45, 2.75) is 58.3 Å². The van der Waals surface area contributed by atoms with Crippen LogP contribution in [0.25, 0.3) is 0 Å². The fourth-order valence-electron chi connectivity index (χ4n) is 4.01. The number of likely N-dealkylation sites (N-methyl/N-ethyl adjacent to an activating group) is 1. The molecule has 2 aromatic rings. The van der Waals surface area contributed by atoms with Gasteiger partial charge in [0.2, 0.25) is 5.91 Å². The van der Waals surface area contributed by atoms with Gasteiger partial charge in [-0.15, -0.1) is 0 Å². The van der Waals surface area contributed by atoms with E-state index < -0.39 is 14.3 Å². The molecule has 1 fully saturated rings. The van der Waals surface area contributed by atoms with Gasteiger partial charge in [-0.3, -0.25) is 24.2 Å². The van der Waals surface area contributed by atoms with Gasteiger partial charge in [0.1, 0.15) is 11.9 Å². The lowest BCUT2D eigenvalue weighted by molar-refractivity contribution is -0.154. The Hall–Kier alpha value is -2.48. The molecular formula is C22H33N5O2Si. The maximum Gasteiger partial charge on any atom is 0.250 e. The summed E-state index contributed by atoms with van der Waals surface area (Å²) in [6.07, 6.45) is 3.98. The van der Waals surface area contributed by atoms with Gasteiger partial charge >= 0.3 is 0 Å². The topological polar surface area (TPSA) is 71.3 Å². The Morgan fingerprint density at radius 2 is 1.90 bits per heavy atom. The molecule has 1 saturated heterocycles. The third-order valence-electron chi connectivity index (χ3n) is 6.79. The van der Waals surface area contributed by atoms with E-state index in [2.05, 4.69) is 43.9 Å². The summed E-state index contributed by atoms with van der Waals surface area (Å²) in [6.45, 7) is 12.8. The number of nitrogens with zero attached hydrogens (tertiary/aromatic N) is 5. The summed E-state index contributed by atoms with van der Waals surface area (Å²) in [5.41, 5.74) is 1.95. The molecule has 0 unspecified atom stereocenters. The number of carbonyl (C=O) groups excluding carboxylic acids is 2. The Morgan fingerprint density at radius 1 is 1.23 bits per heavy atom. The predicted molar refractivity (Wildman–Crippen MR) is 121 cm³/mol. The quantitative estimate of drug-likeness (QED) is 0.543. The lowest BCUT2D eigenvalue weighted by atomic mass is 9.84. The van der Waals surface area contributed by atoms with Crippen LogP contribution in [-0.4, -0.2) is 52.5 Å². The van der Waals surface area contributed by atoms with E-state index in [-0.39, 0.29) is 22.8 Å². The summed E-state index contributed by atoms with van der Waals surface area (Å²) in [4.78, 5) is 32.9. The lowest BCUT2D eigenvalue weighted by Gasteiger charge is -2.58. The molecule has 0 N–H and O–H groups in total. The maximum absolute atomic E-state index is 13.7. The summed E-state index contributed by atoms with van der Waals surface area (Å²) < 4.78 is 3.61. The molecule has 2 amide bonds. The average Bonchev–Trinajstić information content (AvgIpc) is 3.07. The van der Waals surface area contributed by atoms with Gasteiger partial charge in [-0.2, -0.15) is 5.10 Å². The molecule has 0 spiro atoms. The Kier molecular flexibility index (Phi) is 5.66. The van der Waals surface area contributed by atoms with Crippen LogP contribution in [-0.2, 0) is 23.1 Å². The number of hydrogen-bond acceptors (Lipinski definition) is 4. The van der Waals surface area contributed by atoms with Gasteiger partial charge in [0.05, 0.1) is 12.1 Å². The van der Waals surface area contributed by atoms with Crippen molar-refractivity contribution in [3.63, 3.8) is 0 Å². The van der Waals surface area contributed by atoms with Gasteiger partial charge in [-0.25, -0.2) is 0 Å². The molecule has 1 aliphatic heterocycles. The van der Waals surface area contributed by atoms with Crippen LogP contribution in [0.4, 0.5) is 5.82 Å². The number of amides is 2. The van der Waals surface area contributed by atoms with Gasteiger partial charge in [0, 0.05) is 32.1 Å². The van der Waals surface area contributed by atoms with Crippen LogP contribution in [0.5, 0.6) is 0 Å². The Labute approximate surface area is 180 Å². The first-order valence-corrected chi connectivity index (χ1v) is 13.3. The van der Waals surface area contributed by atoms with Crippen LogP contribution in [0, 0.1) is 12.8 Å². The van der Waals surface area contributed by atoms with Crippen LogP contribution >= 0.6 is 0 Å². The molecule has 2 aromatic heterocycles. The third-order valence-corrected chi connectivity index (χ3v) is 12.2. The Morgan fingerprint density at radius 3 is 2.43 bits per heavy atom. The van der Waals surface area contributed by atoms with E-state index in [9.17, 15) is 9.59 Å². The zero-order chi connectivity index (χ0) is 22.4. The highest BCUT2D eigenvalue weighted by molar-refractivity contribution is 6.80. The maximum atomic E-state index is 13.7. The van der Waals surface area contributed by atoms with Crippen LogP contribution < -0.4 is 4.90 Å². The molecule has 0 aliphatic carbocycles. The highest BCUT2D eigenvalue weighted by Crippen LogP contribution is 2.46. The first-order chi connectivity index (χ1) is 13.9. The monoisotopic (exact) mass is 427 g/mol. The molecule has 8 heteroatoms. The molecular weight excluding hydrogens is 394 g/mol. The van der Waals surface area contributed by atoms with Crippen molar-refractivity contribution in [1.82, 2.24) is 19.3 Å². The third kappa shape index (κ3) is 3.68. The van der Waals surface area contributed by atoms with Crippen LogP contribution in [0.15, 0.2) is 30.6 Å². The van der Waals surface area contributed by atoms with Crippen molar-refractivity contribution < 1.29 is 9.59 Å². The standard InChI is InChI=1S/C22H33N5O2Si/c1-15-13-16(9-11-23-15)14-17-19(21(29)25(5)18-10-12-24-26(18)6)27(20(17)28)30(7,8)22(2,3)4/h9-13,17,19H,14H2,1-8H3/t17-,19+/m1/s1. The second-order valence-corrected chi connectivity index (χ2v) is 14.9. The van der Waals surface area contributed by atoms with Crippen molar-refractivity contribution in [2.75, 3.05) is 11.9 Å². The zero-order valence-corrected chi connectivity index (χ0v) is 20.3. The van der Waals surface area contributed by atoms with E-state index in [1.165, 1.54) is 0 Å². The molecule has 0 radical (unpaired) electrons. The number of rotatable bonds is 5. The first-order valence-electron chi connectivity index (χ1n) is 10.4. The fraction of sp³-hybridized carbons (Fsp3) is 0.545. The van der Waals surface area contributed by atoms with Crippen molar-refractivity contribution in [3.8, 4) is 0 Å². The predicted octanol–water partition coefficient (Wildman–Crippen LogP) is 3.16. The van der Waals surface area contributed by atoms with Crippen molar-refractivity contribution >= 4 is 25.9 Å². The van der Waals surface area contributed by atoms with E-state index in [0.29, 0.717) is 12.2 Å². The van der Waals surface area contributed by atoms with E-state index >= 15 is 0 Å². The first kappa shape index (κ1) is 22.2. The van der Waals surface area contributed by atoms with Crippen LogP contribution in [0.2, 0.25) is 18.1 Å². The zero-order valence-electron chi connectivity index (χ0n) is 19.3. The van der Waals surface area contributed by atoms with E-state index in [1.807, 2.05) is 36.7 Å². The SMILES string of the molecule is Cc1cc(C[C@H]2C(=O)N([Si](C)(C)C(C)(C)C)[C@@H]2C(=O)N(C)c2ccnn2C)ccn1. The van der Waals surface area contributed by atoms with Crippen molar-refractivity contribution in [2.24, 2.45) is 13.0 Å². The van der Waals surface area contributed by atoms with Gasteiger partial charge in [-0.05, 0) is 36.1 Å². The van der Waals surface area contributed by atoms with Gasteiger partial charge in [0.25, 0.3) is 5.91 Å². The minimum atomic E-state index is -2.22. The average molecular weight is 428 g/mol. The normalized spacial score (nSPS) is 19.6. The molecule has 0 saturated carbocycles. The molecule has 0 bridgehead atoms. The number of β-lactam (4-membered cyclic amide) rings is 1. The van der Waals surface area contributed by atoms with Crippen molar-refractivity contribution in [1.29, 1.82) is 0 Å². The number of aromatic nitrogens is 3. The summed E-state index contributed by atoms with van der Waals surface area (Å²) >= 11 is 0. The molecule has 3 rings (SSSR count).